The molecule has 7 heteroatoms. The number of furan rings is 1. The number of benzene rings is 1. The van der Waals surface area contributed by atoms with Crippen molar-refractivity contribution in [2.75, 3.05) is 6.54 Å². The van der Waals surface area contributed by atoms with Crippen molar-refractivity contribution < 1.29 is 19.1 Å². The van der Waals surface area contributed by atoms with Crippen LogP contribution in [0.4, 0.5) is 0 Å². The topological polar surface area (TPSA) is 104 Å². The van der Waals surface area contributed by atoms with Crippen LogP contribution in [-0.4, -0.2) is 29.7 Å². The quantitative estimate of drug-likeness (QED) is 0.560. The highest BCUT2D eigenvalue weighted by atomic mass is 16.3. The predicted molar refractivity (Wildman–Crippen MR) is 74.9 cm³/mol. The molecule has 7 nitrogen and oxygen atoms in total. The molecule has 1 aromatic carbocycles. The molecular formula is C14H13N3O4. The third kappa shape index (κ3) is 4.50. The van der Waals surface area contributed by atoms with E-state index in [0.717, 1.165) is 0 Å². The maximum absolute atomic E-state index is 11.5. The van der Waals surface area contributed by atoms with Crippen molar-refractivity contribution >= 4 is 18.0 Å². The Kier molecular flexibility index (Phi) is 4.70. The molecule has 2 aromatic rings. The molecule has 0 atom stereocenters. The van der Waals surface area contributed by atoms with Gasteiger partial charge >= 0.3 is 0 Å². The van der Waals surface area contributed by atoms with Crippen molar-refractivity contribution in [2.24, 2.45) is 5.10 Å². The third-order valence-corrected chi connectivity index (χ3v) is 2.45. The van der Waals surface area contributed by atoms with Crippen LogP contribution in [0.5, 0.6) is 5.75 Å². The summed E-state index contributed by atoms with van der Waals surface area (Å²) < 4.78 is 4.88. The molecule has 0 spiro atoms. The van der Waals surface area contributed by atoms with E-state index in [2.05, 4.69) is 15.8 Å². The largest absolute Gasteiger partial charge is 0.508 e. The van der Waals surface area contributed by atoms with Gasteiger partial charge in [-0.3, -0.25) is 9.59 Å². The molecule has 0 bridgehead atoms. The highest BCUT2D eigenvalue weighted by Gasteiger charge is 2.09. The Morgan fingerprint density at radius 2 is 2.00 bits per heavy atom. The van der Waals surface area contributed by atoms with E-state index in [-0.39, 0.29) is 18.1 Å². The Morgan fingerprint density at radius 3 is 2.67 bits per heavy atom. The molecule has 0 saturated heterocycles. The Hall–Kier alpha value is -3.09. The van der Waals surface area contributed by atoms with Crippen LogP contribution in [0.3, 0.4) is 0 Å². The van der Waals surface area contributed by atoms with Crippen LogP contribution in [0.25, 0.3) is 0 Å². The van der Waals surface area contributed by atoms with E-state index in [0.29, 0.717) is 5.56 Å². The lowest BCUT2D eigenvalue weighted by atomic mass is 10.2. The molecule has 0 fully saturated rings. The van der Waals surface area contributed by atoms with E-state index in [1.165, 1.54) is 30.7 Å². The number of amides is 2. The first-order chi connectivity index (χ1) is 10.1. The molecule has 1 heterocycles. The lowest BCUT2D eigenvalue weighted by Gasteiger charge is -2.01. The van der Waals surface area contributed by atoms with Gasteiger partial charge in [0.25, 0.3) is 11.8 Å². The van der Waals surface area contributed by atoms with Crippen LogP contribution in [0.2, 0.25) is 0 Å². The van der Waals surface area contributed by atoms with E-state index in [4.69, 9.17) is 9.52 Å². The molecular weight excluding hydrogens is 274 g/mol. The maximum Gasteiger partial charge on any atom is 0.287 e. The van der Waals surface area contributed by atoms with Crippen LogP contribution < -0.4 is 10.7 Å². The van der Waals surface area contributed by atoms with Crippen molar-refractivity contribution in [3.63, 3.8) is 0 Å². The Labute approximate surface area is 120 Å². The van der Waals surface area contributed by atoms with E-state index < -0.39 is 11.8 Å². The van der Waals surface area contributed by atoms with E-state index >= 15 is 0 Å². The smallest absolute Gasteiger partial charge is 0.287 e. The Morgan fingerprint density at radius 1 is 1.24 bits per heavy atom. The number of phenols is 1. The average molecular weight is 287 g/mol. The fourth-order valence-corrected chi connectivity index (χ4v) is 1.43. The number of phenolic OH excluding ortho intramolecular Hbond substituents is 1. The number of rotatable bonds is 5. The number of hydrazone groups is 1. The fourth-order valence-electron chi connectivity index (χ4n) is 1.43. The highest BCUT2D eigenvalue weighted by Crippen LogP contribution is 2.07. The van der Waals surface area contributed by atoms with Crippen LogP contribution in [0.1, 0.15) is 16.1 Å². The fraction of sp³-hybridized carbons (Fsp3) is 0.0714. The van der Waals surface area contributed by atoms with Gasteiger partial charge in [-0.2, -0.15) is 5.10 Å². The van der Waals surface area contributed by atoms with Crippen molar-refractivity contribution in [1.82, 2.24) is 10.7 Å². The average Bonchev–Trinajstić information content (AvgIpc) is 3.01. The molecule has 21 heavy (non-hydrogen) atoms. The van der Waals surface area contributed by atoms with Crippen LogP contribution in [-0.2, 0) is 4.79 Å². The number of aromatic hydroxyl groups is 1. The van der Waals surface area contributed by atoms with E-state index in [9.17, 15) is 9.59 Å². The van der Waals surface area contributed by atoms with Gasteiger partial charge in [0, 0.05) is 0 Å². The number of hydrogen-bond acceptors (Lipinski definition) is 5. The van der Waals surface area contributed by atoms with Gasteiger partial charge in [0.2, 0.25) is 0 Å². The summed E-state index contributed by atoms with van der Waals surface area (Å²) in [4.78, 5) is 22.9. The predicted octanol–water partition coefficient (Wildman–Crippen LogP) is 0.865. The Balaban J connectivity index is 1.74. The van der Waals surface area contributed by atoms with E-state index in [1.807, 2.05) is 0 Å². The minimum atomic E-state index is -0.474. The van der Waals surface area contributed by atoms with Gasteiger partial charge < -0.3 is 14.8 Å². The minimum Gasteiger partial charge on any atom is -0.508 e. The summed E-state index contributed by atoms with van der Waals surface area (Å²) in [6.07, 6.45) is 2.79. The second-order valence-corrected chi connectivity index (χ2v) is 4.04. The molecule has 108 valence electrons. The van der Waals surface area contributed by atoms with Gasteiger partial charge in [-0.15, -0.1) is 0 Å². The summed E-state index contributed by atoms with van der Waals surface area (Å²) in [5, 5.41) is 15.2. The third-order valence-electron chi connectivity index (χ3n) is 2.45. The zero-order chi connectivity index (χ0) is 15.1. The number of hydrogen-bond donors (Lipinski definition) is 3. The van der Waals surface area contributed by atoms with Crippen molar-refractivity contribution in [1.29, 1.82) is 0 Å². The van der Waals surface area contributed by atoms with Crippen molar-refractivity contribution in [3.8, 4) is 5.75 Å². The lowest BCUT2D eigenvalue weighted by molar-refractivity contribution is -0.120. The number of carbonyl (C=O) groups is 2. The van der Waals surface area contributed by atoms with Gasteiger partial charge in [-0.25, -0.2) is 5.43 Å². The summed E-state index contributed by atoms with van der Waals surface area (Å²) in [6, 6.07) is 9.38. The first-order valence-electron chi connectivity index (χ1n) is 6.08. The molecule has 1 aromatic heterocycles. The number of nitrogens with one attached hydrogen (secondary N) is 2. The zero-order valence-electron chi connectivity index (χ0n) is 10.9. The maximum atomic E-state index is 11.5. The molecule has 0 radical (unpaired) electrons. The minimum absolute atomic E-state index is 0.135. The monoisotopic (exact) mass is 287 g/mol. The van der Waals surface area contributed by atoms with Crippen LogP contribution in [0.15, 0.2) is 52.2 Å². The molecule has 2 rings (SSSR count). The summed E-state index contributed by atoms with van der Waals surface area (Å²) in [5.41, 5.74) is 2.98. The van der Waals surface area contributed by atoms with Crippen molar-refractivity contribution in [3.05, 3.63) is 54.0 Å². The van der Waals surface area contributed by atoms with Gasteiger partial charge in [0.1, 0.15) is 5.75 Å². The standard InChI is InChI=1S/C14H13N3O4/c18-11-5-3-10(4-6-11)8-16-17-13(19)9-15-14(20)12-2-1-7-21-12/h1-8,18H,9H2,(H,15,20)(H,17,19). The van der Waals surface area contributed by atoms with Crippen LogP contribution in [0, 0.1) is 0 Å². The molecule has 0 aliphatic rings. The van der Waals surface area contributed by atoms with Gasteiger partial charge in [0.05, 0.1) is 19.0 Å². The normalized spacial score (nSPS) is 10.5. The molecule has 0 saturated carbocycles. The molecule has 2 amide bonds. The number of nitrogens with zero attached hydrogens (tertiary/aromatic N) is 1. The zero-order valence-corrected chi connectivity index (χ0v) is 10.9. The van der Waals surface area contributed by atoms with Gasteiger partial charge in [-0.05, 0) is 42.0 Å². The summed E-state index contributed by atoms with van der Waals surface area (Å²) >= 11 is 0. The first kappa shape index (κ1) is 14.3. The summed E-state index contributed by atoms with van der Waals surface area (Å²) in [7, 11) is 0. The van der Waals surface area contributed by atoms with E-state index in [1.54, 1.807) is 18.2 Å². The molecule has 3 N–H and O–H groups in total. The summed E-state index contributed by atoms with van der Waals surface area (Å²) in [5.74, 6) is -0.658. The van der Waals surface area contributed by atoms with Crippen LogP contribution >= 0.6 is 0 Å². The first-order valence-corrected chi connectivity index (χ1v) is 6.08. The SMILES string of the molecule is O=C(CNC(=O)c1ccco1)NN=Cc1ccc(O)cc1. The summed E-state index contributed by atoms with van der Waals surface area (Å²) in [6.45, 7) is -0.216. The molecule has 0 unspecified atom stereocenters. The Bertz CT molecular complexity index is 633. The van der Waals surface area contributed by atoms with Gasteiger partial charge in [-0.1, -0.05) is 0 Å². The van der Waals surface area contributed by atoms with Crippen molar-refractivity contribution in [2.45, 2.75) is 0 Å². The lowest BCUT2D eigenvalue weighted by Crippen LogP contribution is -2.34. The number of carbonyl (C=O) groups excluding carboxylic acids is 2. The second-order valence-electron chi connectivity index (χ2n) is 4.04. The molecule has 0 aliphatic carbocycles. The highest BCUT2D eigenvalue weighted by molar-refractivity contribution is 5.94. The van der Waals surface area contributed by atoms with Gasteiger partial charge in [0.15, 0.2) is 5.76 Å². The molecule has 0 aliphatic heterocycles. The second kappa shape index (κ2) is 6.90.